The van der Waals surface area contributed by atoms with E-state index in [-0.39, 0.29) is 35.8 Å². The number of halogens is 2. The van der Waals surface area contributed by atoms with Gasteiger partial charge in [-0.25, -0.2) is 8.78 Å². The van der Waals surface area contributed by atoms with E-state index in [1.54, 1.807) is 6.07 Å². The fraction of sp³-hybridized carbons (Fsp3) is 0.545. The first-order chi connectivity index (χ1) is 18.7. The topological polar surface area (TPSA) is 65.1 Å². The minimum Gasteiger partial charge on any atom is -0.508 e. The van der Waals surface area contributed by atoms with Gasteiger partial charge >= 0.3 is 0 Å². The van der Waals surface area contributed by atoms with Gasteiger partial charge in [0.2, 0.25) is 5.91 Å². The summed E-state index contributed by atoms with van der Waals surface area (Å²) in [4.78, 5) is 16.0. The van der Waals surface area contributed by atoms with Gasteiger partial charge in [-0.3, -0.25) is 4.79 Å². The number of para-hydroxylation sites is 1. The quantitative estimate of drug-likeness (QED) is 0.295. The van der Waals surface area contributed by atoms with Crippen LogP contribution in [0.1, 0.15) is 80.0 Å². The van der Waals surface area contributed by atoms with E-state index in [4.69, 9.17) is 0 Å². The second-order valence-electron chi connectivity index (χ2n) is 12.6. The number of fused-ring (bicyclic) bond motifs is 6. The fourth-order valence-electron chi connectivity index (χ4n) is 8.61. The number of phenols is 1. The Balaban J connectivity index is 1.07. The van der Waals surface area contributed by atoms with Crippen molar-refractivity contribution in [1.29, 1.82) is 0 Å². The van der Waals surface area contributed by atoms with Crippen LogP contribution >= 0.6 is 0 Å². The van der Waals surface area contributed by atoms with E-state index in [1.165, 1.54) is 27.6 Å². The molecule has 1 heterocycles. The molecule has 39 heavy (non-hydrogen) atoms. The molecule has 208 valence electrons. The molecule has 4 nitrogen and oxygen atoms in total. The first-order valence-electron chi connectivity index (χ1n) is 14.7. The Morgan fingerprint density at radius 2 is 2.05 bits per heavy atom. The van der Waals surface area contributed by atoms with Gasteiger partial charge < -0.3 is 15.4 Å². The molecule has 0 aliphatic heterocycles. The fourth-order valence-corrected chi connectivity index (χ4v) is 8.61. The third-order valence-corrected chi connectivity index (χ3v) is 10.5. The molecule has 2 saturated carbocycles. The number of carbonyl (C=O) groups is 1. The number of H-pyrrole nitrogens is 1. The Morgan fingerprint density at radius 3 is 2.90 bits per heavy atom. The molecule has 0 bridgehead atoms. The van der Waals surface area contributed by atoms with Crippen molar-refractivity contribution in [1.82, 2.24) is 10.3 Å². The van der Waals surface area contributed by atoms with E-state index < -0.39 is 11.3 Å². The monoisotopic (exact) mass is 534 g/mol. The second-order valence-corrected chi connectivity index (χ2v) is 12.6. The zero-order valence-electron chi connectivity index (χ0n) is 23.0. The normalized spacial score (nSPS) is 29.0. The smallest absolute Gasteiger partial charge is 0.253 e. The molecule has 4 unspecified atom stereocenters. The summed E-state index contributed by atoms with van der Waals surface area (Å²) in [6, 6.07) is 11.9. The minimum absolute atomic E-state index is 0.00598. The van der Waals surface area contributed by atoms with Crippen molar-refractivity contribution in [3.63, 3.8) is 0 Å². The summed E-state index contributed by atoms with van der Waals surface area (Å²) < 4.78 is 31.1. The van der Waals surface area contributed by atoms with E-state index in [9.17, 15) is 9.90 Å². The molecule has 3 aliphatic carbocycles. The molecule has 3 N–H and O–H groups in total. The Hall–Kier alpha value is -2.89. The Kier molecular flexibility index (Phi) is 6.71. The predicted molar refractivity (Wildman–Crippen MR) is 150 cm³/mol. The summed E-state index contributed by atoms with van der Waals surface area (Å²) in [5.74, 6) is -1.92. The third-order valence-electron chi connectivity index (χ3n) is 10.5. The molecule has 2 aromatic carbocycles. The highest BCUT2D eigenvalue weighted by Gasteiger charge is 2.67. The van der Waals surface area contributed by atoms with Gasteiger partial charge in [0.15, 0.2) is 0 Å². The maximum atomic E-state index is 15.5. The lowest BCUT2D eigenvalue weighted by Gasteiger charge is -2.51. The zero-order chi connectivity index (χ0) is 27.4. The number of amides is 1. The van der Waals surface area contributed by atoms with E-state index in [1.807, 2.05) is 25.3 Å². The van der Waals surface area contributed by atoms with Gasteiger partial charge in [-0.15, -0.1) is 0 Å². The van der Waals surface area contributed by atoms with Crippen LogP contribution in [0.25, 0.3) is 10.9 Å². The van der Waals surface area contributed by atoms with Crippen molar-refractivity contribution in [2.75, 3.05) is 6.54 Å². The highest BCUT2D eigenvalue weighted by atomic mass is 19.3. The summed E-state index contributed by atoms with van der Waals surface area (Å²) in [5, 5.41) is 14.2. The Labute approximate surface area is 229 Å². The largest absolute Gasteiger partial charge is 0.508 e. The number of hydrogen-bond acceptors (Lipinski definition) is 2. The summed E-state index contributed by atoms with van der Waals surface area (Å²) in [6.07, 6.45) is 7.50. The maximum Gasteiger partial charge on any atom is 0.253 e. The van der Waals surface area contributed by atoms with Crippen LogP contribution in [0.5, 0.6) is 5.75 Å². The lowest BCUT2D eigenvalue weighted by atomic mass is 9.53. The van der Waals surface area contributed by atoms with Crippen LogP contribution in [0, 0.1) is 30.1 Å². The lowest BCUT2D eigenvalue weighted by molar-refractivity contribution is -0.133. The van der Waals surface area contributed by atoms with Crippen molar-refractivity contribution in [2.24, 2.45) is 23.2 Å². The average Bonchev–Trinajstić information content (AvgIpc) is 3.40. The second kappa shape index (κ2) is 9.94. The molecule has 6 heteroatoms. The van der Waals surface area contributed by atoms with Gasteiger partial charge in [-0.05, 0) is 110 Å². The van der Waals surface area contributed by atoms with Gasteiger partial charge in [-0.1, -0.05) is 31.2 Å². The molecular formula is C33H40F2N2O2. The number of aryl methyl sites for hydroxylation is 2. The minimum atomic E-state index is -2.66. The van der Waals surface area contributed by atoms with Crippen molar-refractivity contribution in [3.05, 3.63) is 64.8 Å². The summed E-state index contributed by atoms with van der Waals surface area (Å²) in [5.41, 5.74) is 5.01. The molecule has 6 rings (SSSR count). The lowest BCUT2D eigenvalue weighted by Crippen LogP contribution is -2.47. The van der Waals surface area contributed by atoms with Gasteiger partial charge in [0.1, 0.15) is 5.75 Å². The number of aromatic nitrogens is 1. The number of rotatable bonds is 7. The first kappa shape index (κ1) is 26.3. The average molecular weight is 535 g/mol. The van der Waals surface area contributed by atoms with Crippen molar-refractivity contribution in [2.45, 2.75) is 83.5 Å². The van der Waals surface area contributed by atoms with Crippen molar-refractivity contribution < 1.29 is 18.7 Å². The summed E-state index contributed by atoms with van der Waals surface area (Å²) in [7, 11) is 0. The Bertz CT molecular complexity index is 1380. The maximum absolute atomic E-state index is 15.5. The first-order valence-corrected chi connectivity index (χ1v) is 14.7. The highest BCUT2D eigenvalue weighted by molar-refractivity contribution is 5.86. The standard InChI is InChI=1S/C33H40F2N2O2/c1-20-5-3-7-26-23(19-37-31(20)26)14-16-36-29(39)8-4-6-22-18-33(34,35)32(2)15-13-27-25-12-10-24(38)17-21(25)9-11-28(27)30(22)32/h3,5,7,10,12,17,19,22,27-28,30,37-38H,4,6,8-9,11,13-16,18H2,1-2H3,(H,36,39)/t22?,27?,28?,30?,32-/m0/s1. The van der Waals surface area contributed by atoms with Gasteiger partial charge in [0, 0.05) is 41.9 Å². The molecule has 0 spiro atoms. The molecule has 2 fully saturated rings. The van der Waals surface area contributed by atoms with Crippen LogP contribution < -0.4 is 5.32 Å². The van der Waals surface area contributed by atoms with Crippen molar-refractivity contribution >= 4 is 16.8 Å². The molecule has 3 aromatic rings. The predicted octanol–water partition coefficient (Wildman–Crippen LogP) is 7.43. The number of phenolic OH excluding ortho intramolecular Hbond substituents is 1. The van der Waals surface area contributed by atoms with Crippen LogP contribution in [0.15, 0.2) is 42.6 Å². The molecule has 0 radical (unpaired) electrons. The molecule has 3 aliphatic rings. The number of aromatic hydroxyl groups is 1. The van der Waals surface area contributed by atoms with Gasteiger partial charge in [0.25, 0.3) is 5.92 Å². The van der Waals surface area contributed by atoms with Crippen LogP contribution in [0.3, 0.4) is 0 Å². The number of aromatic amines is 1. The van der Waals surface area contributed by atoms with Crippen molar-refractivity contribution in [3.8, 4) is 5.75 Å². The highest BCUT2D eigenvalue weighted by Crippen LogP contribution is 2.68. The molecule has 1 amide bonds. The van der Waals surface area contributed by atoms with Crippen LogP contribution in [0.2, 0.25) is 0 Å². The zero-order valence-corrected chi connectivity index (χ0v) is 23.0. The molecule has 0 saturated heterocycles. The summed E-state index contributed by atoms with van der Waals surface area (Å²) >= 11 is 0. The number of alkyl halides is 2. The van der Waals surface area contributed by atoms with E-state index in [0.717, 1.165) is 31.2 Å². The van der Waals surface area contributed by atoms with E-state index in [0.29, 0.717) is 38.1 Å². The van der Waals surface area contributed by atoms with Crippen LogP contribution in [-0.2, 0) is 17.6 Å². The number of benzene rings is 2. The molecule has 5 atom stereocenters. The molecular weight excluding hydrogens is 494 g/mol. The number of hydrogen-bond donors (Lipinski definition) is 3. The van der Waals surface area contributed by atoms with Gasteiger partial charge in [-0.2, -0.15) is 0 Å². The third kappa shape index (κ3) is 4.54. The SMILES string of the molecule is Cc1cccc2c(CCNC(=O)CCCC3CC(F)(F)[C@@]4(C)CCC5c6ccc(O)cc6CCC5C34)c[nH]c12. The Morgan fingerprint density at radius 1 is 1.21 bits per heavy atom. The van der Waals surface area contributed by atoms with E-state index >= 15 is 8.78 Å². The number of nitrogens with one attached hydrogen (secondary N) is 2. The van der Waals surface area contributed by atoms with Crippen LogP contribution in [-0.4, -0.2) is 28.5 Å². The van der Waals surface area contributed by atoms with Gasteiger partial charge in [0.05, 0.1) is 0 Å². The number of carbonyl (C=O) groups excluding carboxylic acids is 1. The van der Waals surface area contributed by atoms with Crippen LogP contribution in [0.4, 0.5) is 8.78 Å². The van der Waals surface area contributed by atoms with E-state index in [2.05, 4.69) is 35.4 Å². The summed E-state index contributed by atoms with van der Waals surface area (Å²) in [6.45, 7) is 4.49. The molecule has 1 aromatic heterocycles.